The molecule has 0 bridgehead atoms. The maximum Gasteiger partial charge on any atom is 0.240 e. The molecular formula is C15H16FNO4S2. The van der Waals surface area contributed by atoms with Gasteiger partial charge in [-0.05, 0) is 36.2 Å². The van der Waals surface area contributed by atoms with Crippen molar-refractivity contribution in [1.82, 2.24) is 4.72 Å². The molecular weight excluding hydrogens is 341 g/mol. The Morgan fingerprint density at radius 3 is 2.26 bits per heavy atom. The summed E-state index contributed by atoms with van der Waals surface area (Å²) in [7, 11) is -7.36. The van der Waals surface area contributed by atoms with Crippen LogP contribution >= 0.6 is 0 Å². The molecule has 0 aliphatic carbocycles. The van der Waals surface area contributed by atoms with Gasteiger partial charge in [0.2, 0.25) is 10.0 Å². The number of sulfone groups is 1. The van der Waals surface area contributed by atoms with E-state index < -0.39 is 25.7 Å². The van der Waals surface area contributed by atoms with Gasteiger partial charge < -0.3 is 0 Å². The lowest BCUT2D eigenvalue weighted by Gasteiger charge is -2.08. The van der Waals surface area contributed by atoms with Crippen LogP contribution in [0, 0.1) is 5.82 Å². The van der Waals surface area contributed by atoms with E-state index in [-0.39, 0.29) is 22.8 Å². The highest BCUT2D eigenvalue weighted by atomic mass is 32.2. The van der Waals surface area contributed by atoms with Gasteiger partial charge in [-0.15, -0.1) is 0 Å². The molecule has 0 heterocycles. The highest BCUT2D eigenvalue weighted by molar-refractivity contribution is 7.91. The molecule has 0 unspecified atom stereocenters. The van der Waals surface area contributed by atoms with Crippen LogP contribution in [0.5, 0.6) is 0 Å². The first-order valence-electron chi connectivity index (χ1n) is 6.73. The van der Waals surface area contributed by atoms with Gasteiger partial charge in [0.1, 0.15) is 5.82 Å². The summed E-state index contributed by atoms with van der Waals surface area (Å²) in [6.45, 7) is 0.00632. The minimum atomic E-state index is -3.86. The topological polar surface area (TPSA) is 80.3 Å². The van der Waals surface area contributed by atoms with Crippen LogP contribution in [0.25, 0.3) is 0 Å². The Morgan fingerprint density at radius 2 is 1.61 bits per heavy atom. The molecule has 0 saturated heterocycles. The van der Waals surface area contributed by atoms with E-state index in [0.29, 0.717) is 5.56 Å². The molecule has 2 rings (SSSR count). The van der Waals surface area contributed by atoms with E-state index in [2.05, 4.69) is 4.72 Å². The van der Waals surface area contributed by atoms with Gasteiger partial charge in [0.25, 0.3) is 0 Å². The van der Waals surface area contributed by atoms with Gasteiger partial charge in [-0.3, -0.25) is 0 Å². The van der Waals surface area contributed by atoms with E-state index in [1.807, 2.05) is 0 Å². The highest BCUT2D eigenvalue weighted by Crippen LogP contribution is 2.15. The van der Waals surface area contributed by atoms with Gasteiger partial charge in [-0.25, -0.2) is 25.9 Å². The molecule has 23 heavy (non-hydrogen) atoms. The summed E-state index contributed by atoms with van der Waals surface area (Å²) in [4.78, 5) is -0.219. The molecule has 0 spiro atoms. The number of sulfonamides is 1. The van der Waals surface area contributed by atoms with Crippen LogP contribution in [0.3, 0.4) is 0 Å². The summed E-state index contributed by atoms with van der Waals surface area (Å²) in [6, 6.07) is 11.2. The van der Waals surface area contributed by atoms with Crippen molar-refractivity contribution in [3.63, 3.8) is 0 Å². The molecule has 0 amide bonds. The van der Waals surface area contributed by atoms with Gasteiger partial charge >= 0.3 is 0 Å². The largest absolute Gasteiger partial charge is 0.240 e. The average Bonchev–Trinajstić information content (AvgIpc) is 2.48. The summed E-state index contributed by atoms with van der Waals surface area (Å²) in [5.74, 6) is -0.397. The normalized spacial score (nSPS) is 12.3. The fourth-order valence-electron chi connectivity index (χ4n) is 1.98. The van der Waals surface area contributed by atoms with Crippen molar-refractivity contribution in [2.24, 2.45) is 0 Å². The molecule has 8 heteroatoms. The zero-order valence-electron chi connectivity index (χ0n) is 12.4. The van der Waals surface area contributed by atoms with E-state index in [1.54, 1.807) is 18.2 Å². The van der Waals surface area contributed by atoms with Crippen molar-refractivity contribution in [2.45, 2.75) is 16.2 Å². The van der Waals surface area contributed by atoms with Crippen molar-refractivity contribution >= 4 is 19.9 Å². The molecule has 0 saturated carbocycles. The molecule has 1 N–H and O–H groups in total. The van der Waals surface area contributed by atoms with Crippen molar-refractivity contribution in [3.05, 3.63) is 59.9 Å². The van der Waals surface area contributed by atoms with Crippen LogP contribution in [-0.4, -0.2) is 29.6 Å². The number of hydrogen-bond acceptors (Lipinski definition) is 4. The third-order valence-electron chi connectivity index (χ3n) is 3.19. The number of hydrogen-bond donors (Lipinski definition) is 1. The molecule has 0 aliphatic rings. The monoisotopic (exact) mass is 357 g/mol. The lowest BCUT2D eigenvalue weighted by molar-refractivity contribution is 0.577. The predicted molar refractivity (Wildman–Crippen MR) is 84.8 cm³/mol. The number of nitrogens with one attached hydrogen (secondary N) is 1. The Kier molecular flexibility index (Phi) is 5.18. The Balaban J connectivity index is 2.12. The number of benzene rings is 2. The quantitative estimate of drug-likeness (QED) is 0.854. The number of halogens is 1. The fraction of sp³-hybridized carbons (Fsp3) is 0.200. The van der Waals surface area contributed by atoms with Crippen molar-refractivity contribution < 1.29 is 21.2 Å². The Labute approximate surface area is 135 Å². The third kappa shape index (κ3) is 4.60. The zero-order chi connectivity index (χ0) is 17.1. The van der Waals surface area contributed by atoms with Gasteiger partial charge in [0, 0.05) is 12.8 Å². The van der Waals surface area contributed by atoms with Gasteiger partial charge in [0.15, 0.2) is 9.84 Å². The van der Waals surface area contributed by atoms with Crippen molar-refractivity contribution in [2.75, 3.05) is 12.8 Å². The van der Waals surface area contributed by atoms with Gasteiger partial charge in [-0.2, -0.15) is 0 Å². The minimum absolute atomic E-state index is 0.00632. The van der Waals surface area contributed by atoms with Crippen molar-refractivity contribution in [1.29, 1.82) is 0 Å². The molecule has 5 nitrogen and oxygen atoms in total. The second-order valence-corrected chi connectivity index (χ2v) is 8.77. The average molecular weight is 357 g/mol. The first-order chi connectivity index (χ1) is 10.7. The summed E-state index contributed by atoms with van der Waals surface area (Å²) >= 11 is 0. The summed E-state index contributed by atoms with van der Waals surface area (Å²) in [6.07, 6.45) is 1.20. The lowest BCUT2D eigenvalue weighted by Crippen LogP contribution is -2.26. The van der Waals surface area contributed by atoms with Gasteiger partial charge in [0.05, 0.1) is 9.79 Å². The van der Waals surface area contributed by atoms with E-state index in [4.69, 9.17) is 0 Å². The summed E-state index contributed by atoms with van der Waals surface area (Å²) in [5.41, 5.74) is 0.403. The first-order valence-corrected chi connectivity index (χ1v) is 10.1. The van der Waals surface area contributed by atoms with E-state index >= 15 is 0 Å². The van der Waals surface area contributed by atoms with E-state index in [0.717, 1.165) is 12.3 Å². The standard InChI is InChI=1S/C15H16FNO4S2/c1-22(18,19)13-6-4-7-14(11-13)23(20,21)17-10-9-12-5-2-3-8-15(12)16/h2-8,11,17H,9-10H2,1H3. The number of rotatable bonds is 6. The van der Waals surface area contributed by atoms with Crippen LogP contribution < -0.4 is 4.72 Å². The fourth-order valence-corrected chi connectivity index (χ4v) is 3.80. The molecule has 0 aromatic heterocycles. The van der Waals surface area contributed by atoms with Crippen molar-refractivity contribution in [3.8, 4) is 0 Å². The smallest absolute Gasteiger partial charge is 0.224 e. The maximum atomic E-state index is 13.5. The second-order valence-electron chi connectivity index (χ2n) is 4.99. The molecule has 0 atom stereocenters. The third-order valence-corrected chi connectivity index (χ3v) is 5.76. The van der Waals surface area contributed by atoms with E-state index in [9.17, 15) is 21.2 Å². The minimum Gasteiger partial charge on any atom is -0.224 e. The SMILES string of the molecule is CS(=O)(=O)c1cccc(S(=O)(=O)NCCc2ccccc2F)c1. The summed E-state index contributed by atoms with van der Waals surface area (Å²) < 4.78 is 63.2. The van der Waals surface area contributed by atoms with Gasteiger partial charge in [-0.1, -0.05) is 24.3 Å². The molecule has 0 radical (unpaired) electrons. The first kappa shape index (κ1) is 17.6. The van der Waals surface area contributed by atoms with Crippen LogP contribution in [0.4, 0.5) is 4.39 Å². The zero-order valence-corrected chi connectivity index (χ0v) is 14.0. The van der Waals surface area contributed by atoms with Crippen LogP contribution in [0.1, 0.15) is 5.56 Å². The van der Waals surface area contributed by atoms with Crippen LogP contribution in [-0.2, 0) is 26.3 Å². The molecule has 0 aliphatic heterocycles. The van der Waals surface area contributed by atoms with Crippen LogP contribution in [0.2, 0.25) is 0 Å². The lowest BCUT2D eigenvalue weighted by atomic mass is 10.1. The maximum absolute atomic E-state index is 13.5. The predicted octanol–water partition coefficient (Wildman–Crippen LogP) is 1.75. The van der Waals surface area contributed by atoms with Crippen LogP contribution in [0.15, 0.2) is 58.3 Å². The molecule has 0 fully saturated rings. The summed E-state index contributed by atoms with van der Waals surface area (Å²) in [5, 5.41) is 0. The van der Waals surface area contributed by atoms with E-state index in [1.165, 1.54) is 24.3 Å². The molecule has 2 aromatic rings. The highest BCUT2D eigenvalue weighted by Gasteiger charge is 2.16. The Hall–Kier alpha value is -1.77. The second kappa shape index (κ2) is 6.77. The Morgan fingerprint density at radius 1 is 0.957 bits per heavy atom. The molecule has 2 aromatic carbocycles. The Bertz CT molecular complexity index is 909. The molecule has 124 valence electrons.